The Bertz CT molecular complexity index is 305. The summed E-state index contributed by atoms with van der Waals surface area (Å²) in [5, 5.41) is 2.76. The van der Waals surface area contributed by atoms with Gasteiger partial charge in [-0.1, -0.05) is 39.8 Å². The fraction of sp³-hybridized carbons (Fsp3) is 0.462. The fourth-order valence-electron chi connectivity index (χ4n) is 1.18. The molecule has 1 N–H and O–H groups in total. The Hall–Kier alpha value is -1.31. The zero-order chi connectivity index (χ0) is 11.8. The van der Waals surface area contributed by atoms with E-state index in [1.165, 1.54) is 12.5 Å². The maximum atomic E-state index is 10.8. The van der Waals surface area contributed by atoms with Gasteiger partial charge in [-0.2, -0.15) is 0 Å². The molecule has 0 aliphatic rings. The summed E-state index contributed by atoms with van der Waals surface area (Å²) in [7, 11) is 0. The van der Waals surface area contributed by atoms with Gasteiger partial charge in [0, 0.05) is 12.6 Å². The van der Waals surface area contributed by atoms with Crippen LogP contribution in [0.25, 0.3) is 0 Å². The Labute approximate surface area is 92.7 Å². The minimum absolute atomic E-state index is 0.0269. The van der Waals surface area contributed by atoms with Gasteiger partial charge in [0.2, 0.25) is 5.91 Å². The summed E-state index contributed by atoms with van der Waals surface area (Å²) in [5.41, 5.74) is 2.12. The first-order valence-electron chi connectivity index (χ1n) is 5.47. The Morgan fingerprint density at radius 2 is 1.87 bits per heavy atom. The predicted octanol–water partition coefficient (Wildman–Crippen LogP) is 3.79. The van der Waals surface area contributed by atoms with Crippen LogP contribution in [0.15, 0.2) is 24.3 Å². The third-order valence-corrected chi connectivity index (χ3v) is 1.87. The Morgan fingerprint density at radius 1 is 1.27 bits per heavy atom. The standard InChI is InChI=1S/C11H15NO.C2H6/c1-8(2)10-5-4-6-11(7-10)12-9(3)13;1-2/h4-8H,1-3H3,(H,12,13);1-2H3. The average Bonchev–Trinajstić information content (AvgIpc) is 2.20. The summed E-state index contributed by atoms with van der Waals surface area (Å²) in [5.74, 6) is 0.467. The van der Waals surface area contributed by atoms with Crippen molar-refractivity contribution in [2.24, 2.45) is 0 Å². The van der Waals surface area contributed by atoms with Crippen LogP contribution in [-0.2, 0) is 4.79 Å². The van der Waals surface area contributed by atoms with Crippen molar-refractivity contribution in [1.29, 1.82) is 0 Å². The molecule has 0 spiro atoms. The molecule has 1 rings (SSSR count). The van der Waals surface area contributed by atoms with Crippen molar-refractivity contribution >= 4 is 11.6 Å². The van der Waals surface area contributed by atoms with Crippen molar-refractivity contribution in [2.75, 3.05) is 5.32 Å². The first-order chi connectivity index (χ1) is 7.09. The summed E-state index contributed by atoms with van der Waals surface area (Å²) in [6, 6.07) is 7.93. The van der Waals surface area contributed by atoms with Crippen LogP contribution in [0.1, 0.15) is 46.1 Å². The lowest BCUT2D eigenvalue weighted by Gasteiger charge is -2.07. The minimum atomic E-state index is -0.0269. The minimum Gasteiger partial charge on any atom is -0.326 e. The van der Waals surface area contributed by atoms with Crippen LogP contribution < -0.4 is 5.32 Å². The van der Waals surface area contributed by atoms with Crippen molar-refractivity contribution in [3.05, 3.63) is 29.8 Å². The monoisotopic (exact) mass is 207 g/mol. The molecule has 1 amide bonds. The van der Waals surface area contributed by atoms with E-state index in [1.54, 1.807) is 0 Å². The number of nitrogens with one attached hydrogen (secondary N) is 1. The molecule has 0 radical (unpaired) electrons. The molecule has 0 saturated heterocycles. The highest BCUT2D eigenvalue weighted by Gasteiger charge is 2.00. The molecule has 0 aliphatic heterocycles. The normalized spacial score (nSPS) is 9.20. The highest BCUT2D eigenvalue weighted by atomic mass is 16.1. The number of amides is 1. The second-order valence-electron chi connectivity index (χ2n) is 3.46. The smallest absolute Gasteiger partial charge is 0.221 e. The van der Waals surface area contributed by atoms with E-state index < -0.39 is 0 Å². The number of carbonyl (C=O) groups is 1. The number of hydrogen-bond donors (Lipinski definition) is 1. The molecule has 0 unspecified atom stereocenters. The quantitative estimate of drug-likeness (QED) is 0.785. The molecule has 2 heteroatoms. The maximum absolute atomic E-state index is 10.8. The van der Waals surface area contributed by atoms with E-state index in [1.807, 2.05) is 32.0 Å². The van der Waals surface area contributed by atoms with Gasteiger partial charge < -0.3 is 5.32 Å². The van der Waals surface area contributed by atoms with E-state index in [0.29, 0.717) is 5.92 Å². The molecule has 0 aliphatic carbocycles. The van der Waals surface area contributed by atoms with Crippen LogP contribution in [0.3, 0.4) is 0 Å². The van der Waals surface area contributed by atoms with Gasteiger partial charge in [0.05, 0.1) is 0 Å². The molecular weight excluding hydrogens is 186 g/mol. The Balaban J connectivity index is 0.000000921. The molecule has 1 aromatic rings. The van der Waals surface area contributed by atoms with Crippen LogP contribution >= 0.6 is 0 Å². The molecule has 0 aromatic heterocycles. The molecule has 0 heterocycles. The first-order valence-corrected chi connectivity index (χ1v) is 5.47. The number of benzene rings is 1. The lowest BCUT2D eigenvalue weighted by Crippen LogP contribution is -2.05. The van der Waals surface area contributed by atoms with E-state index in [9.17, 15) is 4.79 Å². The summed E-state index contributed by atoms with van der Waals surface area (Å²) in [6.07, 6.45) is 0. The molecule has 2 nitrogen and oxygen atoms in total. The lowest BCUT2D eigenvalue weighted by atomic mass is 10.0. The van der Waals surface area contributed by atoms with Gasteiger partial charge >= 0.3 is 0 Å². The largest absolute Gasteiger partial charge is 0.326 e. The van der Waals surface area contributed by atoms with E-state index in [0.717, 1.165) is 5.69 Å². The van der Waals surface area contributed by atoms with Gasteiger partial charge in [-0.15, -0.1) is 0 Å². The number of rotatable bonds is 2. The highest BCUT2D eigenvalue weighted by Crippen LogP contribution is 2.18. The number of anilines is 1. The van der Waals surface area contributed by atoms with Gasteiger partial charge in [0.15, 0.2) is 0 Å². The van der Waals surface area contributed by atoms with Gasteiger partial charge in [-0.3, -0.25) is 4.79 Å². The zero-order valence-corrected chi connectivity index (χ0v) is 10.3. The van der Waals surface area contributed by atoms with E-state index in [2.05, 4.69) is 25.2 Å². The van der Waals surface area contributed by atoms with Gasteiger partial charge in [-0.25, -0.2) is 0 Å². The van der Waals surface area contributed by atoms with Crippen LogP contribution in [0.4, 0.5) is 5.69 Å². The molecule has 0 fully saturated rings. The average molecular weight is 207 g/mol. The van der Waals surface area contributed by atoms with Crippen molar-refractivity contribution in [1.82, 2.24) is 0 Å². The predicted molar refractivity (Wildman–Crippen MR) is 66.2 cm³/mol. The Kier molecular flexibility index (Phi) is 6.43. The summed E-state index contributed by atoms with van der Waals surface area (Å²) < 4.78 is 0. The molecule has 0 atom stereocenters. The lowest BCUT2D eigenvalue weighted by molar-refractivity contribution is -0.114. The Morgan fingerprint density at radius 3 is 2.33 bits per heavy atom. The number of hydrogen-bond acceptors (Lipinski definition) is 1. The zero-order valence-electron chi connectivity index (χ0n) is 10.3. The topological polar surface area (TPSA) is 29.1 Å². The van der Waals surface area contributed by atoms with Gasteiger partial charge in [0.1, 0.15) is 0 Å². The fourth-order valence-corrected chi connectivity index (χ4v) is 1.18. The van der Waals surface area contributed by atoms with E-state index in [4.69, 9.17) is 0 Å². The SMILES string of the molecule is CC.CC(=O)Nc1cccc(C(C)C)c1. The molecule has 1 aromatic carbocycles. The van der Waals surface area contributed by atoms with Gasteiger partial charge in [-0.05, 0) is 23.6 Å². The summed E-state index contributed by atoms with van der Waals surface area (Å²) in [6.45, 7) is 9.78. The van der Waals surface area contributed by atoms with Crippen molar-refractivity contribution in [3.8, 4) is 0 Å². The van der Waals surface area contributed by atoms with Crippen molar-refractivity contribution in [2.45, 2.75) is 40.5 Å². The van der Waals surface area contributed by atoms with Crippen LogP contribution in [0, 0.1) is 0 Å². The number of carbonyl (C=O) groups excluding carboxylic acids is 1. The van der Waals surface area contributed by atoms with E-state index >= 15 is 0 Å². The second kappa shape index (κ2) is 7.04. The van der Waals surface area contributed by atoms with E-state index in [-0.39, 0.29) is 5.91 Å². The van der Waals surface area contributed by atoms with Crippen LogP contribution in [-0.4, -0.2) is 5.91 Å². The third-order valence-electron chi connectivity index (χ3n) is 1.87. The molecule has 0 bridgehead atoms. The summed E-state index contributed by atoms with van der Waals surface area (Å²) in [4.78, 5) is 10.8. The highest BCUT2D eigenvalue weighted by molar-refractivity contribution is 5.88. The third kappa shape index (κ3) is 5.21. The molecular formula is C13H21NO. The van der Waals surface area contributed by atoms with Gasteiger partial charge in [0.25, 0.3) is 0 Å². The van der Waals surface area contributed by atoms with Crippen LogP contribution in [0.2, 0.25) is 0 Å². The molecule has 84 valence electrons. The van der Waals surface area contributed by atoms with Crippen LogP contribution in [0.5, 0.6) is 0 Å². The summed E-state index contributed by atoms with van der Waals surface area (Å²) >= 11 is 0. The first kappa shape index (κ1) is 13.7. The van der Waals surface area contributed by atoms with Crippen molar-refractivity contribution < 1.29 is 4.79 Å². The second-order valence-corrected chi connectivity index (χ2v) is 3.46. The molecule has 15 heavy (non-hydrogen) atoms. The van der Waals surface area contributed by atoms with Crippen molar-refractivity contribution in [3.63, 3.8) is 0 Å². The maximum Gasteiger partial charge on any atom is 0.221 e. The molecule has 0 saturated carbocycles.